The fourth-order valence-corrected chi connectivity index (χ4v) is 1.37. The molecule has 0 saturated carbocycles. The number of nitrogens with one attached hydrogen (secondary N) is 1. The molecule has 0 radical (unpaired) electrons. The van der Waals surface area contributed by atoms with E-state index in [1.165, 1.54) is 0 Å². The van der Waals surface area contributed by atoms with Gasteiger partial charge in [-0.3, -0.25) is 0 Å². The molecule has 102 valence electrons. The SMILES string of the molecule is CC(NCc1ccc(OC(F)F)cc1)C(C)(C)C. The Bertz CT molecular complexity index is 357. The predicted molar refractivity (Wildman–Crippen MR) is 68.8 cm³/mol. The maximum atomic E-state index is 12.0. The van der Waals surface area contributed by atoms with Crippen LogP contribution in [0.3, 0.4) is 0 Å². The zero-order valence-corrected chi connectivity index (χ0v) is 11.3. The highest BCUT2D eigenvalue weighted by atomic mass is 19.3. The standard InChI is InChI=1S/C14H21F2NO/c1-10(14(2,3)4)17-9-11-5-7-12(8-6-11)18-13(15)16/h5-8,10,13,17H,9H2,1-4H3. The van der Waals surface area contributed by atoms with Crippen molar-refractivity contribution in [2.75, 3.05) is 0 Å². The van der Waals surface area contributed by atoms with Crippen LogP contribution in [0.15, 0.2) is 24.3 Å². The van der Waals surface area contributed by atoms with Crippen molar-refractivity contribution in [2.45, 2.75) is 46.9 Å². The Hall–Kier alpha value is -1.16. The summed E-state index contributed by atoms with van der Waals surface area (Å²) in [5.41, 5.74) is 1.24. The minimum Gasteiger partial charge on any atom is -0.435 e. The van der Waals surface area contributed by atoms with Crippen LogP contribution in [0.25, 0.3) is 0 Å². The molecule has 0 amide bonds. The number of hydrogen-bond donors (Lipinski definition) is 1. The molecule has 0 bridgehead atoms. The Morgan fingerprint density at radius 2 is 1.72 bits per heavy atom. The molecule has 0 spiro atoms. The van der Waals surface area contributed by atoms with E-state index in [1.807, 2.05) is 0 Å². The fourth-order valence-electron chi connectivity index (χ4n) is 1.37. The van der Waals surface area contributed by atoms with E-state index in [-0.39, 0.29) is 11.2 Å². The second-order valence-electron chi connectivity index (χ2n) is 5.49. The molecule has 1 N–H and O–H groups in total. The van der Waals surface area contributed by atoms with Crippen molar-refractivity contribution in [1.29, 1.82) is 0 Å². The molecular formula is C14H21F2NO. The number of benzene rings is 1. The molecule has 0 saturated heterocycles. The molecule has 1 aromatic carbocycles. The predicted octanol–water partition coefficient (Wildman–Crippen LogP) is 3.81. The van der Waals surface area contributed by atoms with Crippen molar-refractivity contribution in [2.24, 2.45) is 5.41 Å². The molecule has 1 unspecified atom stereocenters. The summed E-state index contributed by atoms with van der Waals surface area (Å²) in [6, 6.07) is 7.07. The largest absolute Gasteiger partial charge is 0.435 e. The van der Waals surface area contributed by atoms with Crippen LogP contribution in [-0.4, -0.2) is 12.7 Å². The molecule has 2 nitrogen and oxygen atoms in total. The topological polar surface area (TPSA) is 21.3 Å². The van der Waals surface area contributed by atoms with E-state index in [2.05, 4.69) is 37.7 Å². The van der Waals surface area contributed by atoms with E-state index in [0.717, 1.165) is 5.56 Å². The van der Waals surface area contributed by atoms with Crippen molar-refractivity contribution in [3.8, 4) is 5.75 Å². The summed E-state index contributed by atoms with van der Waals surface area (Å²) in [5, 5.41) is 3.41. The van der Waals surface area contributed by atoms with E-state index in [1.54, 1.807) is 24.3 Å². The lowest BCUT2D eigenvalue weighted by molar-refractivity contribution is -0.0498. The molecule has 0 aliphatic heterocycles. The number of hydrogen-bond acceptors (Lipinski definition) is 2. The van der Waals surface area contributed by atoms with Gasteiger partial charge in [-0.1, -0.05) is 32.9 Å². The maximum absolute atomic E-state index is 12.0. The van der Waals surface area contributed by atoms with Crippen molar-refractivity contribution in [1.82, 2.24) is 5.32 Å². The minimum absolute atomic E-state index is 0.192. The average Bonchev–Trinajstić information content (AvgIpc) is 2.25. The number of halogens is 2. The van der Waals surface area contributed by atoms with Gasteiger partial charge in [-0.15, -0.1) is 0 Å². The smallest absolute Gasteiger partial charge is 0.387 e. The third-order valence-electron chi connectivity index (χ3n) is 3.06. The normalized spacial score (nSPS) is 13.7. The monoisotopic (exact) mass is 257 g/mol. The van der Waals surface area contributed by atoms with Gasteiger partial charge in [0.05, 0.1) is 0 Å². The summed E-state index contributed by atoms with van der Waals surface area (Å²) >= 11 is 0. The summed E-state index contributed by atoms with van der Waals surface area (Å²) in [6.07, 6.45) is 0. The summed E-state index contributed by atoms with van der Waals surface area (Å²) in [4.78, 5) is 0. The van der Waals surface area contributed by atoms with Gasteiger partial charge in [-0.05, 0) is 30.0 Å². The number of alkyl halides is 2. The van der Waals surface area contributed by atoms with Gasteiger partial charge < -0.3 is 10.1 Å². The first-order valence-electron chi connectivity index (χ1n) is 6.06. The molecule has 0 fully saturated rings. The molecule has 4 heteroatoms. The molecule has 1 atom stereocenters. The summed E-state index contributed by atoms with van der Waals surface area (Å²) in [7, 11) is 0. The minimum atomic E-state index is -2.77. The van der Waals surface area contributed by atoms with Crippen LogP contribution < -0.4 is 10.1 Å². The van der Waals surface area contributed by atoms with Gasteiger partial charge >= 0.3 is 6.61 Å². The Morgan fingerprint density at radius 3 is 2.17 bits per heavy atom. The van der Waals surface area contributed by atoms with Gasteiger partial charge in [0.1, 0.15) is 5.75 Å². The van der Waals surface area contributed by atoms with Gasteiger partial charge in [-0.25, -0.2) is 0 Å². The molecule has 0 aliphatic carbocycles. The van der Waals surface area contributed by atoms with E-state index >= 15 is 0 Å². The summed E-state index contributed by atoms with van der Waals surface area (Å²) in [6.45, 7) is 6.59. The van der Waals surface area contributed by atoms with E-state index in [0.29, 0.717) is 12.6 Å². The fraction of sp³-hybridized carbons (Fsp3) is 0.571. The molecule has 1 rings (SSSR count). The van der Waals surface area contributed by atoms with Gasteiger partial charge in [0, 0.05) is 12.6 Å². The van der Waals surface area contributed by atoms with Crippen LogP contribution in [0, 0.1) is 5.41 Å². The third-order valence-corrected chi connectivity index (χ3v) is 3.06. The lowest BCUT2D eigenvalue weighted by atomic mass is 9.88. The highest BCUT2D eigenvalue weighted by Crippen LogP contribution is 2.19. The molecule has 0 aliphatic rings. The van der Waals surface area contributed by atoms with Crippen LogP contribution in [0.5, 0.6) is 5.75 Å². The first-order valence-corrected chi connectivity index (χ1v) is 6.06. The Labute approximate surface area is 107 Å². The lowest BCUT2D eigenvalue weighted by Crippen LogP contribution is -2.37. The van der Waals surface area contributed by atoms with Crippen LogP contribution in [0.1, 0.15) is 33.3 Å². The average molecular weight is 257 g/mol. The molecule has 18 heavy (non-hydrogen) atoms. The van der Waals surface area contributed by atoms with Crippen molar-refractivity contribution in [3.05, 3.63) is 29.8 Å². The molecule has 0 heterocycles. The lowest BCUT2D eigenvalue weighted by Gasteiger charge is -2.28. The van der Waals surface area contributed by atoms with Crippen molar-refractivity contribution >= 4 is 0 Å². The second-order valence-corrected chi connectivity index (χ2v) is 5.49. The maximum Gasteiger partial charge on any atom is 0.387 e. The number of ether oxygens (including phenoxy) is 1. The highest BCUT2D eigenvalue weighted by molar-refractivity contribution is 5.27. The van der Waals surface area contributed by atoms with E-state index < -0.39 is 6.61 Å². The van der Waals surface area contributed by atoms with Gasteiger partial charge in [-0.2, -0.15) is 8.78 Å². The summed E-state index contributed by atoms with van der Waals surface area (Å²) < 4.78 is 28.2. The van der Waals surface area contributed by atoms with Crippen LogP contribution >= 0.6 is 0 Å². The zero-order valence-electron chi connectivity index (χ0n) is 11.3. The van der Waals surface area contributed by atoms with Crippen molar-refractivity contribution < 1.29 is 13.5 Å². The van der Waals surface area contributed by atoms with Crippen LogP contribution in [0.4, 0.5) is 8.78 Å². The number of rotatable bonds is 5. The quantitative estimate of drug-likeness (QED) is 0.866. The first-order chi connectivity index (χ1) is 8.29. The summed E-state index contributed by atoms with van der Waals surface area (Å²) in [5.74, 6) is 0.192. The molecule has 1 aromatic rings. The first kappa shape index (κ1) is 14.9. The Morgan fingerprint density at radius 1 is 1.17 bits per heavy atom. The Balaban J connectivity index is 2.49. The van der Waals surface area contributed by atoms with E-state index in [4.69, 9.17) is 0 Å². The zero-order chi connectivity index (χ0) is 13.8. The van der Waals surface area contributed by atoms with Crippen LogP contribution in [0.2, 0.25) is 0 Å². The third kappa shape index (κ3) is 5.00. The second kappa shape index (κ2) is 6.14. The van der Waals surface area contributed by atoms with Gasteiger partial charge in [0.2, 0.25) is 0 Å². The van der Waals surface area contributed by atoms with Gasteiger partial charge in [0.25, 0.3) is 0 Å². The Kier molecular flexibility index (Phi) is 5.08. The van der Waals surface area contributed by atoms with Crippen LogP contribution in [-0.2, 0) is 6.54 Å². The highest BCUT2D eigenvalue weighted by Gasteiger charge is 2.18. The van der Waals surface area contributed by atoms with Gasteiger partial charge in [0.15, 0.2) is 0 Å². The molecular weight excluding hydrogens is 236 g/mol. The van der Waals surface area contributed by atoms with Crippen molar-refractivity contribution in [3.63, 3.8) is 0 Å². The van der Waals surface area contributed by atoms with E-state index in [9.17, 15) is 8.78 Å². The molecule has 0 aromatic heterocycles.